The largest absolute Gasteiger partial charge is 0.300 e. The molecule has 0 atom stereocenters. The first-order valence-electron chi connectivity index (χ1n) is 5.86. The Balaban J connectivity index is 2.52. The highest BCUT2D eigenvalue weighted by Gasteiger charge is 2.08. The Morgan fingerprint density at radius 3 is 2.71 bits per heavy atom. The van der Waals surface area contributed by atoms with Crippen molar-refractivity contribution >= 4 is 12.2 Å². The molecule has 1 aromatic carbocycles. The molecule has 17 heavy (non-hydrogen) atoms. The van der Waals surface area contributed by atoms with Gasteiger partial charge in [0.2, 0.25) is 0 Å². The second kappa shape index (κ2) is 4.84. The van der Waals surface area contributed by atoms with Crippen LogP contribution in [0, 0.1) is 18.6 Å². The average molecular weight is 247 g/mol. The first kappa shape index (κ1) is 12.0. The number of nitrogens with one attached hydrogen (secondary N) is 1. The van der Waals surface area contributed by atoms with Gasteiger partial charge in [-0.15, -0.1) is 0 Å². The third-order valence-corrected chi connectivity index (χ3v) is 3.28. The number of hydrogen-bond acceptors (Lipinski definition) is 2. The van der Waals surface area contributed by atoms with Crippen molar-refractivity contribution < 1.29 is 0 Å². The van der Waals surface area contributed by atoms with Crippen molar-refractivity contribution in [1.82, 2.24) is 14.8 Å². The van der Waals surface area contributed by atoms with Crippen LogP contribution in [-0.4, -0.2) is 14.8 Å². The van der Waals surface area contributed by atoms with Crippen molar-refractivity contribution in [3.63, 3.8) is 0 Å². The van der Waals surface area contributed by atoms with Crippen molar-refractivity contribution in [2.24, 2.45) is 0 Å². The summed E-state index contributed by atoms with van der Waals surface area (Å²) in [5, 5.41) is 7.19. The second-order valence-corrected chi connectivity index (χ2v) is 4.69. The maximum absolute atomic E-state index is 5.24. The van der Waals surface area contributed by atoms with Gasteiger partial charge < -0.3 is 4.57 Å². The summed E-state index contributed by atoms with van der Waals surface area (Å²) in [6.07, 6.45) is 1.05. The fraction of sp³-hybridized carbons (Fsp3) is 0.385. The number of H-pyrrole nitrogens is 1. The maximum atomic E-state index is 5.24. The summed E-state index contributed by atoms with van der Waals surface area (Å²) in [5.74, 6) is 0.931. The van der Waals surface area contributed by atoms with Crippen LogP contribution in [0.1, 0.15) is 24.5 Å². The Bertz CT molecular complexity index is 581. The van der Waals surface area contributed by atoms with E-state index >= 15 is 0 Å². The number of hydrogen-bond donors (Lipinski definition) is 1. The monoisotopic (exact) mass is 247 g/mol. The summed E-state index contributed by atoms with van der Waals surface area (Å²) in [6, 6.07) is 6.38. The van der Waals surface area contributed by atoms with Crippen molar-refractivity contribution in [2.75, 3.05) is 0 Å². The second-order valence-electron chi connectivity index (χ2n) is 4.30. The van der Waals surface area contributed by atoms with Gasteiger partial charge in [0, 0.05) is 12.1 Å². The predicted molar refractivity (Wildman–Crippen MR) is 72.6 cm³/mol. The zero-order valence-corrected chi connectivity index (χ0v) is 11.3. The van der Waals surface area contributed by atoms with Gasteiger partial charge in [-0.3, -0.25) is 5.10 Å². The lowest BCUT2D eigenvalue weighted by molar-refractivity contribution is 0.675. The Morgan fingerprint density at radius 2 is 2.06 bits per heavy atom. The molecule has 0 radical (unpaired) electrons. The van der Waals surface area contributed by atoms with Crippen LogP contribution in [0.5, 0.6) is 0 Å². The smallest absolute Gasteiger partial charge is 0.195 e. The number of nitrogens with zero attached hydrogens (tertiary/aromatic N) is 2. The molecule has 3 nitrogen and oxygen atoms in total. The molecule has 90 valence electrons. The fourth-order valence-corrected chi connectivity index (χ4v) is 2.07. The first-order chi connectivity index (χ1) is 8.13. The summed E-state index contributed by atoms with van der Waals surface area (Å²) in [5.41, 5.74) is 3.69. The van der Waals surface area contributed by atoms with E-state index in [0.717, 1.165) is 24.4 Å². The van der Waals surface area contributed by atoms with Crippen molar-refractivity contribution in [1.29, 1.82) is 0 Å². The van der Waals surface area contributed by atoms with Gasteiger partial charge in [0.15, 0.2) is 10.6 Å². The molecule has 0 saturated carbocycles. The summed E-state index contributed by atoms with van der Waals surface area (Å²) >= 11 is 5.24. The van der Waals surface area contributed by atoms with Gasteiger partial charge in [0.05, 0.1) is 0 Å². The number of aromatic amines is 1. The molecule has 0 aliphatic heterocycles. The molecule has 2 rings (SSSR count). The minimum absolute atomic E-state index is 0.695. The van der Waals surface area contributed by atoms with E-state index in [0.29, 0.717) is 4.77 Å². The molecule has 0 fully saturated rings. The molecular weight excluding hydrogens is 230 g/mol. The van der Waals surface area contributed by atoms with Gasteiger partial charge in [-0.05, 0) is 49.7 Å². The standard InChI is InChI=1S/C13H17N3S/c1-4-7-16-12(14-15-13(16)17)11-6-5-9(2)10(3)8-11/h5-6,8H,4,7H2,1-3H3,(H,15,17). The highest BCUT2D eigenvalue weighted by molar-refractivity contribution is 7.71. The van der Waals surface area contributed by atoms with E-state index in [2.05, 4.69) is 53.7 Å². The molecule has 0 bridgehead atoms. The Labute approximate surface area is 106 Å². The lowest BCUT2D eigenvalue weighted by atomic mass is 10.1. The topological polar surface area (TPSA) is 33.6 Å². The van der Waals surface area contributed by atoms with Gasteiger partial charge >= 0.3 is 0 Å². The lowest BCUT2D eigenvalue weighted by Gasteiger charge is -2.07. The average Bonchev–Trinajstić information content (AvgIpc) is 2.66. The molecule has 0 unspecified atom stereocenters. The van der Waals surface area contributed by atoms with Gasteiger partial charge in [0.1, 0.15) is 0 Å². The third kappa shape index (κ3) is 2.31. The van der Waals surface area contributed by atoms with E-state index in [9.17, 15) is 0 Å². The Morgan fingerprint density at radius 1 is 1.29 bits per heavy atom. The van der Waals surface area contributed by atoms with Crippen LogP contribution < -0.4 is 0 Å². The third-order valence-electron chi connectivity index (χ3n) is 2.97. The summed E-state index contributed by atoms with van der Waals surface area (Å²) in [4.78, 5) is 0. The molecule has 0 spiro atoms. The van der Waals surface area contributed by atoms with Crippen LogP contribution in [0.3, 0.4) is 0 Å². The van der Waals surface area contributed by atoms with E-state index < -0.39 is 0 Å². The van der Waals surface area contributed by atoms with Gasteiger partial charge in [0.25, 0.3) is 0 Å². The predicted octanol–water partition coefficient (Wildman–Crippen LogP) is 3.63. The molecule has 1 N–H and O–H groups in total. The van der Waals surface area contributed by atoms with E-state index in [4.69, 9.17) is 12.2 Å². The highest BCUT2D eigenvalue weighted by atomic mass is 32.1. The van der Waals surface area contributed by atoms with E-state index in [1.807, 2.05) is 0 Å². The van der Waals surface area contributed by atoms with E-state index in [1.165, 1.54) is 11.1 Å². The van der Waals surface area contributed by atoms with Crippen molar-refractivity contribution in [2.45, 2.75) is 33.7 Å². The van der Waals surface area contributed by atoms with Crippen LogP contribution in [0.2, 0.25) is 0 Å². The fourth-order valence-electron chi connectivity index (χ4n) is 1.85. The Kier molecular flexibility index (Phi) is 3.43. The normalized spacial score (nSPS) is 10.8. The van der Waals surface area contributed by atoms with Crippen molar-refractivity contribution in [3.8, 4) is 11.4 Å². The quantitative estimate of drug-likeness (QED) is 0.840. The zero-order chi connectivity index (χ0) is 12.4. The Hall–Kier alpha value is -1.42. The summed E-state index contributed by atoms with van der Waals surface area (Å²) in [6.45, 7) is 7.27. The van der Waals surface area contributed by atoms with Crippen LogP contribution in [-0.2, 0) is 6.54 Å². The molecule has 2 aromatic rings. The molecule has 1 heterocycles. The van der Waals surface area contributed by atoms with Crippen LogP contribution >= 0.6 is 12.2 Å². The zero-order valence-electron chi connectivity index (χ0n) is 10.4. The molecule has 4 heteroatoms. The van der Waals surface area contributed by atoms with Crippen LogP contribution in [0.15, 0.2) is 18.2 Å². The number of benzene rings is 1. The number of aromatic nitrogens is 3. The number of aryl methyl sites for hydroxylation is 2. The maximum Gasteiger partial charge on any atom is 0.195 e. The lowest BCUT2D eigenvalue weighted by Crippen LogP contribution is -2.00. The molecule has 0 amide bonds. The number of rotatable bonds is 3. The van der Waals surface area contributed by atoms with Crippen molar-refractivity contribution in [3.05, 3.63) is 34.1 Å². The van der Waals surface area contributed by atoms with Crippen LogP contribution in [0.25, 0.3) is 11.4 Å². The van der Waals surface area contributed by atoms with E-state index in [-0.39, 0.29) is 0 Å². The van der Waals surface area contributed by atoms with Gasteiger partial charge in [-0.2, -0.15) is 5.10 Å². The minimum Gasteiger partial charge on any atom is -0.300 e. The molecule has 1 aromatic heterocycles. The van der Waals surface area contributed by atoms with Gasteiger partial charge in [-0.1, -0.05) is 19.1 Å². The van der Waals surface area contributed by atoms with Crippen LogP contribution in [0.4, 0.5) is 0 Å². The summed E-state index contributed by atoms with van der Waals surface area (Å²) in [7, 11) is 0. The molecule has 0 saturated heterocycles. The van der Waals surface area contributed by atoms with Gasteiger partial charge in [-0.25, -0.2) is 0 Å². The first-order valence-corrected chi connectivity index (χ1v) is 6.27. The highest BCUT2D eigenvalue weighted by Crippen LogP contribution is 2.20. The van der Waals surface area contributed by atoms with E-state index in [1.54, 1.807) is 0 Å². The SMILES string of the molecule is CCCn1c(-c2ccc(C)c(C)c2)n[nH]c1=S. The molecule has 0 aliphatic carbocycles. The molecular formula is C13H17N3S. The minimum atomic E-state index is 0.695. The summed E-state index contributed by atoms with van der Waals surface area (Å²) < 4.78 is 2.75. The molecule has 0 aliphatic rings.